The van der Waals surface area contributed by atoms with Crippen molar-refractivity contribution in [2.45, 2.75) is 232 Å². The lowest BCUT2D eigenvalue weighted by molar-refractivity contribution is -0.167. The molecule has 1 atom stereocenters. The van der Waals surface area contributed by atoms with Gasteiger partial charge in [0.2, 0.25) is 0 Å². The molecule has 0 aromatic carbocycles. The van der Waals surface area contributed by atoms with Gasteiger partial charge in [0, 0.05) is 19.3 Å². The Bertz CT molecular complexity index is 1280. The van der Waals surface area contributed by atoms with Crippen LogP contribution in [0.15, 0.2) is 97.2 Å². The lowest BCUT2D eigenvalue weighted by atomic mass is 10.0. The summed E-state index contributed by atoms with van der Waals surface area (Å²) in [7, 11) is 0. The van der Waals surface area contributed by atoms with Gasteiger partial charge < -0.3 is 14.2 Å². The summed E-state index contributed by atoms with van der Waals surface area (Å²) >= 11 is 0. The van der Waals surface area contributed by atoms with Gasteiger partial charge >= 0.3 is 17.9 Å². The fraction of sp³-hybridized carbons (Fsp3) is 0.667. The summed E-state index contributed by atoms with van der Waals surface area (Å²) in [5, 5.41) is 0. The minimum absolute atomic E-state index is 0.0963. The Morgan fingerprint density at radius 3 is 1.03 bits per heavy atom. The maximum Gasteiger partial charge on any atom is 0.306 e. The zero-order valence-electron chi connectivity index (χ0n) is 40.8. The summed E-state index contributed by atoms with van der Waals surface area (Å²) in [6.45, 7) is 6.37. The summed E-state index contributed by atoms with van der Waals surface area (Å²) in [6.07, 6.45) is 66.7. The van der Waals surface area contributed by atoms with Gasteiger partial charge in [-0.25, -0.2) is 0 Å². The molecule has 1 unspecified atom stereocenters. The van der Waals surface area contributed by atoms with Crippen molar-refractivity contribution in [1.29, 1.82) is 0 Å². The zero-order chi connectivity index (χ0) is 45.8. The van der Waals surface area contributed by atoms with Crippen LogP contribution in [0.5, 0.6) is 0 Å². The van der Waals surface area contributed by atoms with Gasteiger partial charge in [-0.2, -0.15) is 0 Å². The van der Waals surface area contributed by atoms with Gasteiger partial charge in [-0.15, -0.1) is 0 Å². The summed E-state index contributed by atoms with van der Waals surface area (Å²) in [5.74, 6) is -0.941. The van der Waals surface area contributed by atoms with Crippen molar-refractivity contribution < 1.29 is 28.6 Å². The lowest BCUT2D eigenvalue weighted by Gasteiger charge is -2.18. The maximum absolute atomic E-state index is 12.8. The molecule has 0 fully saturated rings. The Kier molecular flexibility index (Phi) is 48.0. The Labute approximate surface area is 387 Å². The second-order valence-electron chi connectivity index (χ2n) is 16.9. The van der Waals surface area contributed by atoms with E-state index in [1.54, 1.807) is 0 Å². The van der Waals surface area contributed by atoms with E-state index in [0.29, 0.717) is 19.3 Å². The highest BCUT2D eigenvalue weighted by molar-refractivity contribution is 5.71. The van der Waals surface area contributed by atoms with Crippen molar-refractivity contribution in [3.8, 4) is 0 Å². The van der Waals surface area contributed by atoms with Gasteiger partial charge in [0.15, 0.2) is 6.10 Å². The predicted molar refractivity (Wildman–Crippen MR) is 270 cm³/mol. The molecule has 0 amide bonds. The quantitative estimate of drug-likeness (QED) is 0.0262. The minimum atomic E-state index is -0.795. The number of esters is 3. The normalized spacial score (nSPS) is 12.9. The number of rotatable bonds is 45. The van der Waals surface area contributed by atoms with Crippen LogP contribution < -0.4 is 0 Å². The predicted octanol–water partition coefficient (Wildman–Crippen LogP) is 17.0. The molecule has 6 nitrogen and oxygen atoms in total. The molecule has 0 N–H and O–H groups in total. The van der Waals surface area contributed by atoms with E-state index in [1.165, 1.54) is 77.0 Å². The summed E-state index contributed by atoms with van der Waals surface area (Å²) in [5.41, 5.74) is 0. The Hall–Kier alpha value is -3.67. The molecule has 0 saturated carbocycles. The first-order valence-electron chi connectivity index (χ1n) is 25.8. The van der Waals surface area contributed by atoms with Gasteiger partial charge in [0.25, 0.3) is 0 Å². The Morgan fingerprint density at radius 2 is 0.651 bits per heavy atom. The lowest BCUT2D eigenvalue weighted by Crippen LogP contribution is -2.30. The molecule has 63 heavy (non-hydrogen) atoms. The number of allylic oxidation sites excluding steroid dienone is 16. The largest absolute Gasteiger partial charge is 0.462 e. The van der Waals surface area contributed by atoms with Crippen molar-refractivity contribution in [2.24, 2.45) is 0 Å². The average molecular weight is 875 g/mol. The standard InChI is InChI=1S/C57H94O6/c1-4-7-10-13-16-19-22-25-27-28-29-30-33-35-38-41-44-47-50-56(59)62-53-54(52-61-55(58)49-46-43-40-37-34-31-24-21-18-15-12-9-6-3)63-57(60)51-48-45-42-39-36-32-26-23-20-17-14-11-8-5-2/h9-10,12-13,15-16,18-19,21-22,24-25,27-30,54H,4-8,11,14,17,20,23,26,31-53H2,1-3H3/b12-9+,13-10+,18-15+,19-16+,24-21+,25-22+,28-27+,30-29+. The van der Waals surface area contributed by atoms with E-state index in [0.717, 1.165) is 109 Å². The molecule has 0 aliphatic rings. The van der Waals surface area contributed by atoms with E-state index in [2.05, 4.69) is 93.7 Å². The Morgan fingerprint density at radius 1 is 0.333 bits per heavy atom. The van der Waals surface area contributed by atoms with E-state index in [4.69, 9.17) is 14.2 Å². The highest BCUT2D eigenvalue weighted by Gasteiger charge is 2.19. The minimum Gasteiger partial charge on any atom is -0.462 e. The third-order valence-corrected chi connectivity index (χ3v) is 10.7. The van der Waals surface area contributed by atoms with Crippen molar-refractivity contribution in [1.82, 2.24) is 0 Å². The highest BCUT2D eigenvalue weighted by atomic mass is 16.6. The summed E-state index contributed by atoms with van der Waals surface area (Å²) in [6, 6.07) is 0. The van der Waals surface area contributed by atoms with Crippen LogP contribution in [0.1, 0.15) is 226 Å². The third-order valence-electron chi connectivity index (χ3n) is 10.7. The van der Waals surface area contributed by atoms with Gasteiger partial charge in [-0.3, -0.25) is 14.4 Å². The van der Waals surface area contributed by atoms with Gasteiger partial charge in [0.05, 0.1) is 0 Å². The number of ether oxygens (including phenoxy) is 3. The van der Waals surface area contributed by atoms with Crippen LogP contribution in [0, 0.1) is 0 Å². The molecule has 0 heterocycles. The molecule has 6 heteroatoms. The number of carbonyl (C=O) groups is 3. The maximum atomic E-state index is 12.8. The SMILES string of the molecule is CC/C=C/C=C/C=C/CCCCCCCC(=O)OCC(COC(=O)CCCCCCC/C=C/C=C/C=C/C=C/C=C/CCC)OC(=O)CCCCCCCCCCCCCCCC. The first-order valence-corrected chi connectivity index (χ1v) is 25.8. The van der Waals surface area contributed by atoms with Crippen molar-refractivity contribution in [2.75, 3.05) is 13.2 Å². The summed E-state index contributed by atoms with van der Waals surface area (Å²) < 4.78 is 16.8. The molecule has 0 aliphatic carbocycles. The molecule has 0 radical (unpaired) electrons. The fourth-order valence-corrected chi connectivity index (χ4v) is 6.88. The van der Waals surface area contributed by atoms with Crippen molar-refractivity contribution in [3.05, 3.63) is 97.2 Å². The van der Waals surface area contributed by atoms with E-state index < -0.39 is 6.10 Å². The van der Waals surface area contributed by atoms with E-state index in [9.17, 15) is 14.4 Å². The first kappa shape index (κ1) is 59.3. The van der Waals surface area contributed by atoms with Gasteiger partial charge in [-0.1, -0.05) is 246 Å². The van der Waals surface area contributed by atoms with Crippen LogP contribution in [0.25, 0.3) is 0 Å². The average Bonchev–Trinajstić information content (AvgIpc) is 3.28. The van der Waals surface area contributed by atoms with E-state index in [1.807, 2.05) is 24.3 Å². The molecule has 0 spiro atoms. The van der Waals surface area contributed by atoms with Gasteiger partial charge in [0.1, 0.15) is 13.2 Å². The van der Waals surface area contributed by atoms with Crippen molar-refractivity contribution >= 4 is 17.9 Å². The second kappa shape index (κ2) is 51.0. The van der Waals surface area contributed by atoms with Gasteiger partial charge in [-0.05, 0) is 57.8 Å². The second-order valence-corrected chi connectivity index (χ2v) is 16.9. The first-order chi connectivity index (χ1) is 31.0. The fourth-order valence-electron chi connectivity index (χ4n) is 6.88. The number of carbonyl (C=O) groups excluding carboxylic acids is 3. The number of hydrogen-bond donors (Lipinski definition) is 0. The summed E-state index contributed by atoms with van der Waals surface area (Å²) in [4.78, 5) is 38.0. The molecule has 0 bridgehead atoms. The van der Waals surface area contributed by atoms with Crippen LogP contribution in [-0.4, -0.2) is 37.2 Å². The third kappa shape index (κ3) is 49.2. The smallest absolute Gasteiger partial charge is 0.306 e. The highest BCUT2D eigenvalue weighted by Crippen LogP contribution is 2.15. The molecular formula is C57H94O6. The topological polar surface area (TPSA) is 78.9 Å². The molecule has 0 aromatic heterocycles. The van der Waals surface area contributed by atoms with E-state index >= 15 is 0 Å². The van der Waals surface area contributed by atoms with Crippen molar-refractivity contribution in [3.63, 3.8) is 0 Å². The molecule has 0 aromatic rings. The molecule has 0 saturated heterocycles. The monoisotopic (exact) mass is 875 g/mol. The molecule has 358 valence electrons. The van der Waals surface area contributed by atoms with Crippen LogP contribution in [0.3, 0.4) is 0 Å². The number of unbranched alkanes of at least 4 members (excludes halogenated alkanes) is 24. The molecule has 0 rings (SSSR count). The van der Waals surface area contributed by atoms with Crippen LogP contribution >= 0.6 is 0 Å². The number of hydrogen-bond acceptors (Lipinski definition) is 6. The molecular weight excluding hydrogens is 781 g/mol. The molecule has 0 aliphatic heterocycles. The van der Waals surface area contributed by atoms with Crippen LogP contribution in [0.2, 0.25) is 0 Å². The van der Waals surface area contributed by atoms with E-state index in [-0.39, 0.29) is 31.1 Å². The Balaban J connectivity index is 4.46. The van der Waals surface area contributed by atoms with Crippen LogP contribution in [0.4, 0.5) is 0 Å². The zero-order valence-corrected chi connectivity index (χ0v) is 40.8. The van der Waals surface area contributed by atoms with Crippen LogP contribution in [-0.2, 0) is 28.6 Å².